The molecule has 0 bridgehead atoms. The molecule has 0 aliphatic rings. The largest absolute Gasteiger partial charge is 0.480 e. The summed E-state index contributed by atoms with van der Waals surface area (Å²) in [5, 5.41) is 8.78. The molecule has 0 aliphatic heterocycles. The number of carbonyl (C=O) groups excluding carboxylic acids is 1. The SMILES string of the molecule is CCCCCCCCC(=O)N(C)C(C)C(=O)O. The first kappa shape index (κ1) is 15.9. The van der Waals surface area contributed by atoms with Crippen molar-refractivity contribution in [2.75, 3.05) is 7.05 Å². The lowest BCUT2D eigenvalue weighted by Crippen LogP contribution is -2.40. The van der Waals surface area contributed by atoms with Crippen molar-refractivity contribution >= 4 is 11.9 Å². The highest BCUT2D eigenvalue weighted by molar-refractivity contribution is 5.83. The van der Waals surface area contributed by atoms with Crippen LogP contribution < -0.4 is 0 Å². The molecule has 1 unspecified atom stereocenters. The Labute approximate surface area is 104 Å². The first-order chi connectivity index (χ1) is 8.00. The van der Waals surface area contributed by atoms with Crippen LogP contribution in [-0.4, -0.2) is 35.0 Å². The molecular weight excluding hydrogens is 218 g/mol. The Morgan fingerprint density at radius 2 is 1.65 bits per heavy atom. The quantitative estimate of drug-likeness (QED) is 0.633. The number of nitrogens with zero attached hydrogens (tertiary/aromatic N) is 1. The van der Waals surface area contributed by atoms with E-state index in [1.54, 1.807) is 7.05 Å². The van der Waals surface area contributed by atoms with Crippen LogP contribution in [0.1, 0.15) is 58.8 Å². The lowest BCUT2D eigenvalue weighted by atomic mass is 10.1. The number of carbonyl (C=O) groups is 2. The maximum Gasteiger partial charge on any atom is 0.326 e. The zero-order valence-electron chi connectivity index (χ0n) is 11.2. The van der Waals surface area contributed by atoms with Gasteiger partial charge in [-0.25, -0.2) is 4.79 Å². The highest BCUT2D eigenvalue weighted by Gasteiger charge is 2.20. The van der Waals surface area contributed by atoms with Gasteiger partial charge in [0.05, 0.1) is 0 Å². The molecule has 0 aliphatic carbocycles. The zero-order valence-corrected chi connectivity index (χ0v) is 11.2. The number of amides is 1. The van der Waals surface area contributed by atoms with Gasteiger partial charge in [0, 0.05) is 13.5 Å². The molecule has 0 aromatic carbocycles. The molecule has 0 spiro atoms. The summed E-state index contributed by atoms with van der Waals surface area (Å²) in [5.74, 6) is -1.03. The Morgan fingerprint density at radius 3 is 2.18 bits per heavy atom. The van der Waals surface area contributed by atoms with Gasteiger partial charge in [-0.05, 0) is 13.3 Å². The van der Waals surface area contributed by atoms with Crippen molar-refractivity contribution in [3.8, 4) is 0 Å². The predicted molar refractivity (Wildman–Crippen MR) is 67.9 cm³/mol. The summed E-state index contributed by atoms with van der Waals surface area (Å²) in [6, 6.07) is -0.734. The maximum atomic E-state index is 11.6. The van der Waals surface area contributed by atoms with Crippen LogP contribution in [0.3, 0.4) is 0 Å². The third-order valence-corrected chi connectivity index (χ3v) is 3.08. The van der Waals surface area contributed by atoms with Gasteiger partial charge in [-0.3, -0.25) is 4.79 Å². The van der Waals surface area contributed by atoms with E-state index < -0.39 is 12.0 Å². The second-order valence-corrected chi connectivity index (χ2v) is 4.54. The van der Waals surface area contributed by atoms with E-state index in [9.17, 15) is 9.59 Å². The average molecular weight is 243 g/mol. The molecule has 0 radical (unpaired) electrons. The lowest BCUT2D eigenvalue weighted by molar-refractivity contribution is -0.148. The van der Waals surface area contributed by atoms with Crippen molar-refractivity contribution in [1.82, 2.24) is 4.90 Å². The molecule has 4 heteroatoms. The minimum atomic E-state index is -0.955. The summed E-state index contributed by atoms with van der Waals surface area (Å²) in [5.41, 5.74) is 0. The summed E-state index contributed by atoms with van der Waals surface area (Å²) in [6.45, 7) is 3.70. The fourth-order valence-electron chi connectivity index (χ4n) is 1.61. The van der Waals surface area contributed by atoms with E-state index in [0.29, 0.717) is 6.42 Å². The minimum Gasteiger partial charge on any atom is -0.480 e. The molecule has 0 aromatic heterocycles. The standard InChI is InChI=1S/C13H25NO3/c1-4-5-6-7-8-9-10-12(15)14(3)11(2)13(16)17/h11H,4-10H2,1-3H3,(H,16,17). The molecule has 1 amide bonds. The first-order valence-corrected chi connectivity index (χ1v) is 6.49. The van der Waals surface area contributed by atoms with E-state index in [1.165, 1.54) is 37.5 Å². The van der Waals surface area contributed by atoms with Crippen LogP contribution in [0.15, 0.2) is 0 Å². The van der Waals surface area contributed by atoms with Gasteiger partial charge in [0.1, 0.15) is 6.04 Å². The van der Waals surface area contributed by atoms with Gasteiger partial charge in [0.25, 0.3) is 0 Å². The average Bonchev–Trinajstić information content (AvgIpc) is 2.31. The molecule has 1 N–H and O–H groups in total. The van der Waals surface area contributed by atoms with Gasteiger partial charge in [-0.15, -0.1) is 0 Å². The van der Waals surface area contributed by atoms with E-state index in [1.807, 2.05) is 0 Å². The van der Waals surface area contributed by atoms with Crippen molar-refractivity contribution in [3.05, 3.63) is 0 Å². The Hall–Kier alpha value is -1.06. The number of rotatable bonds is 9. The van der Waals surface area contributed by atoms with E-state index in [2.05, 4.69) is 6.92 Å². The zero-order chi connectivity index (χ0) is 13.3. The fraction of sp³-hybridized carbons (Fsp3) is 0.846. The van der Waals surface area contributed by atoms with Crippen LogP contribution in [0, 0.1) is 0 Å². The van der Waals surface area contributed by atoms with E-state index in [0.717, 1.165) is 12.8 Å². The summed E-state index contributed by atoms with van der Waals surface area (Å²) in [4.78, 5) is 23.7. The van der Waals surface area contributed by atoms with Crippen molar-refractivity contribution in [1.29, 1.82) is 0 Å². The van der Waals surface area contributed by atoms with Crippen LogP contribution in [0.5, 0.6) is 0 Å². The van der Waals surface area contributed by atoms with Gasteiger partial charge in [0.15, 0.2) is 0 Å². The number of unbranched alkanes of at least 4 members (excludes halogenated alkanes) is 5. The van der Waals surface area contributed by atoms with Crippen LogP contribution in [0.25, 0.3) is 0 Å². The molecule has 0 saturated carbocycles. The van der Waals surface area contributed by atoms with Crippen molar-refractivity contribution in [2.24, 2.45) is 0 Å². The number of hydrogen-bond donors (Lipinski definition) is 1. The number of likely N-dealkylation sites (N-methyl/N-ethyl adjacent to an activating group) is 1. The van der Waals surface area contributed by atoms with Crippen LogP contribution in [0.2, 0.25) is 0 Å². The summed E-state index contributed by atoms with van der Waals surface area (Å²) >= 11 is 0. The van der Waals surface area contributed by atoms with E-state index >= 15 is 0 Å². The molecule has 4 nitrogen and oxygen atoms in total. The van der Waals surface area contributed by atoms with Crippen LogP contribution >= 0.6 is 0 Å². The smallest absolute Gasteiger partial charge is 0.326 e. The second-order valence-electron chi connectivity index (χ2n) is 4.54. The topological polar surface area (TPSA) is 57.6 Å². The molecule has 0 fully saturated rings. The molecule has 1 atom stereocenters. The molecule has 0 rings (SSSR count). The van der Waals surface area contributed by atoms with Crippen LogP contribution in [-0.2, 0) is 9.59 Å². The molecule has 0 aromatic rings. The van der Waals surface area contributed by atoms with E-state index in [4.69, 9.17) is 5.11 Å². The lowest BCUT2D eigenvalue weighted by Gasteiger charge is -2.21. The Kier molecular flexibility index (Phi) is 8.46. The Morgan fingerprint density at radius 1 is 1.12 bits per heavy atom. The Balaban J connectivity index is 3.68. The highest BCUT2D eigenvalue weighted by Crippen LogP contribution is 2.09. The van der Waals surface area contributed by atoms with Gasteiger partial charge >= 0.3 is 5.97 Å². The third kappa shape index (κ3) is 6.97. The number of carboxylic acid groups (broad SMARTS) is 1. The summed E-state index contributed by atoms with van der Waals surface area (Å²) in [7, 11) is 1.55. The van der Waals surface area contributed by atoms with Crippen molar-refractivity contribution in [2.45, 2.75) is 64.8 Å². The summed E-state index contributed by atoms with van der Waals surface area (Å²) in [6.07, 6.45) is 7.24. The predicted octanol–water partition coefficient (Wildman–Crippen LogP) is 2.67. The fourth-order valence-corrected chi connectivity index (χ4v) is 1.61. The summed E-state index contributed by atoms with van der Waals surface area (Å²) < 4.78 is 0. The third-order valence-electron chi connectivity index (χ3n) is 3.08. The minimum absolute atomic E-state index is 0.0737. The van der Waals surface area contributed by atoms with E-state index in [-0.39, 0.29) is 5.91 Å². The number of hydrogen-bond acceptors (Lipinski definition) is 2. The van der Waals surface area contributed by atoms with Gasteiger partial charge < -0.3 is 10.0 Å². The molecular formula is C13H25NO3. The highest BCUT2D eigenvalue weighted by atomic mass is 16.4. The molecule has 17 heavy (non-hydrogen) atoms. The maximum absolute atomic E-state index is 11.6. The van der Waals surface area contributed by atoms with Gasteiger partial charge in [-0.1, -0.05) is 39.0 Å². The van der Waals surface area contributed by atoms with Gasteiger partial charge in [-0.2, -0.15) is 0 Å². The van der Waals surface area contributed by atoms with Crippen molar-refractivity contribution in [3.63, 3.8) is 0 Å². The second kappa shape index (κ2) is 9.02. The van der Waals surface area contributed by atoms with Gasteiger partial charge in [0.2, 0.25) is 5.91 Å². The number of carboxylic acids is 1. The van der Waals surface area contributed by atoms with Crippen molar-refractivity contribution < 1.29 is 14.7 Å². The number of aliphatic carboxylic acids is 1. The van der Waals surface area contributed by atoms with Crippen LogP contribution in [0.4, 0.5) is 0 Å². The molecule has 0 heterocycles. The molecule has 100 valence electrons. The normalized spacial score (nSPS) is 12.2. The molecule has 0 saturated heterocycles. The first-order valence-electron chi connectivity index (χ1n) is 6.49. The monoisotopic (exact) mass is 243 g/mol. The Bertz CT molecular complexity index is 241.